The van der Waals surface area contributed by atoms with Crippen LogP contribution in [-0.4, -0.2) is 55.1 Å². The fraction of sp³-hybridized carbons (Fsp3) is 0.714. The Kier molecular flexibility index (Phi) is 4.80. The van der Waals surface area contributed by atoms with Gasteiger partial charge in [0.15, 0.2) is 0 Å². The minimum absolute atomic E-state index is 0.538. The first-order valence-electron chi connectivity index (χ1n) is 6.94. The van der Waals surface area contributed by atoms with Crippen molar-refractivity contribution in [1.29, 1.82) is 0 Å². The fourth-order valence-electron chi connectivity index (χ4n) is 3.19. The normalized spacial score (nSPS) is 20.4. The van der Waals surface area contributed by atoms with Gasteiger partial charge in [-0.15, -0.1) is 0 Å². The van der Waals surface area contributed by atoms with Gasteiger partial charge >= 0.3 is 0 Å². The molecule has 1 fully saturated rings. The van der Waals surface area contributed by atoms with Crippen molar-refractivity contribution in [3.63, 3.8) is 0 Å². The van der Waals surface area contributed by atoms with Gasteiger partial charge in [-0.1, -0.05) is 0 Å². The summed E-state index contributed by atoms with van der Waals surface area (Å²) in [6, 6.07) is 2.74. The maximum absolute atomic E-state index is 5.63. The topological polar surface area (TPSA) is 48.3 Å². The molecule has 0 saturated carbocycles. The number of nitrogens with zero attached hydrogens (tertiary/aromatic N) is 2. The molecule has 4 heteroatoms. The van der Waals surface area contributed by atoms with E-state index >= 15 is 0 Å². The lowest BCUT2D eigenvalue weighted by molar-refractivity contribution is 0.119. The first-order valence-corrected chi connectivity index (χ1v) is 6.94. The Balaban J connectivity index is 1.97. The van der Waals surface area contributed by atoms with Crippen LogP contribution in [-0.2, 0) is 0 Å². The van der Waals surface area contributed by atoms with Crippen LogP contribution in [0.25, 0.3) is 0 Å². The number of hydrogen-bond donors (Lipinski definition) is 2. The van der Waals surface area contributed by atoms with Gasteiger partial charge in [-0.3, -0.25) is 0 Å². The number of aromatic amines is 1. The fourth-order valence-corrected chi connectivity index (χ4v) is 3.19. The van der Waals surface area contributed by atoms with Crippen LogP contribution in [0.5, 0.6) is 0 Å². The maximum atomic E-state index is 5.63. The van der Waals surface area contributed by atoms with Crippen molar-refractivity contribution in [1.82, 2.24) is 14.8 Å². The van der Waals surface area contributed by atoms with Crippen molar-refractivity contribution in [2.75, 3.05) is 40.3 Å². The summed E-state index contributed by atoms with van der Waals surface area (Å²) in [4.78, 5) is 8.02. The standard InChI is InChI=1S/C14H26N4/c1-17(2)14(13-3-7-16-11-13)12-4-8-18(9-5-12)10-6-15/h3,7,11-12,14,16H,4-6,8-10,15H2,1-2H3. The summed E-state index contributed by atoms with van der Waals surface area (Å²) in [5.41, 5.74) is 7.04. The summed E-state index contributed by atoms with van der Waals surface area (Å²) in [5, 5.41) is 0. The molecule has 2 rings (SSSR count). The lowest BCUT2D eigenvalue weighted by Gasteiger charge is -2.38. The predicted molar refractivity (Wildman–Crippen MR) is 75.4 cm³/mol. The Morgan fingerprint density at radius 2 is 2.17 bits per heavy atom. The van der Waals surface area contributed by atoms with Gasteiger partial charge < -0.3 is 20.5 Å². The molecule has 0 bridgehead atoms. The second kappa shape index (κ2) is 6.36. The molecule has 18 heavy (non-hydrogen) atoms. The lowest BCUT2D eigenvalue weighted by Crippen LogP contribution is -2.40. The summed E-state index contributed by atoms with van der Waals surface area (Å²) in [6.45, 7) is 4.20. The molecule has 0 amide bonds. The van der Waals surface area contributed by atoms with Crippen LogP contribution >= 0.6 is 0 Å². The number of H-pyrrole nitrogens is 1. The molecule has 0 aliphatic carbocycles. The molecule has 1 aliphatic heterocycles. The average Bonchev–Trinajstić information content (AvgIpc) is 2.85. The Morgan fingerprint density at radius 3 is 2.67 bits per heavy atom. The van der Waals surface area contributed by atoms with Crippen molar-refractivity contribution in [2.45, 2.75) is 18.9 Å². The van der Waals surface area contributed by atoms with Gasteiger partial charge in [-0.2, -0.15) is 0 Å². The highest BCUT2D eigenvalue weighted by Crippen LogP contribution is 2.33. The summed E-state index contributed by atoms with van der Waals surface area (Å²) >= 11 is 0. The average molecular weight is 250 g/mol. The Morgan fingerprint density at radius 1 is 1.44 bits per heavy atom. The minimum Gasteiger partial charge on any atom is -0.367 e. The van der Waals surface area contributed by atoms with Gasteiger partial charge in [0.25, 0.3) is 0 Å². The van der Waals surface area contributed by atoms with Crippen LogP contribution in [0.1, 0.15) is 24.4 Å². The third kappa shape index (κ3) is 3.13. The van der Waals surface area contributed by atoms with Crippen LogP contribution in [0.2, 0.25) is 0 Å². The first-order chi connectivity index (χ1) is 8.72. The monoisotopic (exact) mass is 250 g/mol. The van der Waals surface area contributed by atoms with Gasteiger partial charge in [0.1, 0.15) is 0 Å². The molecule has 0 spiro atoms. The maximum Gasteiger partial charge on any atom is 0.0386 e. The van der Waals surface area contributed by atoms with E-state index in [0.29, 0.717) is 6.04 Å². The molecule has 0 aromatic carbocycles. The van der Waals surface area contributed by atoms with E-state index in [9.17, 15) is 0 Å². The van der Waals surface area contributed by atoms with E-state index in [-0.39, 0.29) is 0 Å². The first kappa shape index (κ1) is 13.6. The number of hydrogen-bond acceptors (Lipinski definition) is 3. The zero-order valence-electron chi connectivity index (χ0n) is 11.6. The number of nitrogens with two attached hydrogens (primary N) is 1. The molecule has 1 aliphatic rings. The van der Waals surface area contributed by atoms with E-state index in [1.54, 1.807) is 0 Å². The molecule has 3 N–H and O–H groups in total. The Labute approximate surface area is 110 Å². The van der Waals surface area contributed by atoms with Gasteiger partial charge in [-0.25, -0.2) is 0 Å². The highest BCUT2D eigenvalue weighted by Gasteiger charge is 2.28. The zero-order chi connectivity index (χ0) is 13.0. The second-order valence-corrected chi connectivity index (χ2v) is 5.52. The van der Waals surface area contributed by atoms with E-state index in [2.05, 4.69) is 41.1 Å². The molecule has 0 radical (unpaired) electrons. The van der Waals surface area contributed by atoms with Crippen molar-refractivity contribution in [3.8, 4) is 0 Å². The molecule has 1 aromatic rings. The molecule has 2 heterocycles. The van der Waals surface area contributed by atoms with E-state index in [0.717, 1.165) is 19.0 Å². The lowest BCUT2D eigenvalue weighted by atomic mass is 9.85. The van der Waals surface area contributed by atoms with Crippen molar-refractivity contribution < 1.29 is 0 Å². The third-order valence-electron chi connectivity index (χ3n) is 4.04. The van der Waals surface area contributed by atoms with Crippen molar-refractivity contribution in [3.05, 3.63) is 24.0 Å². The van der Waals surface area contributed by atoms with Crippen molar-refractivity contribution in [2.24, 2.45) is 11.7 Å². The molecule has 1 saturated heterocycles. The smallest absolute Gasteiger partial charge is 0.0386 e. The van der Waals surface area contributed by atoms with Crippen LogP contribution in [0.15, 0.2) is 18.5 Å². The second-order valence-electron chi connectivity index (χ2n) is 5.52. The van der Waals surface area contributed by atoms with E-state index in [1.807, 2.05) is 6.20 Å². The number of piperidine rings is 1. The molecule has 1 aromatic heterocycles. The molecule has 102 valence electrons. The molecular formula is C14H26N4. The highest BCUT2D eigenvalue weighted by atomic mass is 15.1. The summed E-state index contributed by atoms with van der Waals surface area (Å²) in [5.74, 6) is 0.754. The zero-order valence-corrected chi connectivity index (χ0v) is 11.6. The van der Waals surface area contributed by atoms with Crippen LogP contribution < -0.4 is 5.73 Å². The van der Waals surface area contributed by atoms with Crippen LogP contribution in [0, 0.1) is 5.92 Å². The SMILES string of the molecule is CN(C)C(c1cc[nH]c1)C1CCN(CCN)CC1. The molecule has 1 unspecified atom stereocenters. The molecule has 1 atom stereocenters. The predicted octanol–water partition coefficient (Wildman–Crippen LogP) is 1.29. The largest absolute Gasteiger partial charge is 0.367 e. The number of aromatic nitrogens is 1. The Bertz CT molecular complexity index is 326. The van der Waals surface area contributed by atoms with Gasteiger partial charge in [-0.05, 0) is 57.6 Å². The third-order valence-corrected chi connectivity index (χ3v) is 4.04. The van der Waals surface area contributed by atoms with E-state index in [4.69, 9.17) is 5.73 Å². The van der Waals surface area contributed by atoms with Gasteiger partial charge in [0, 0.05) is 31.5 Å². The van der Waals surface area contributed by atoms with Crippen LogP contribution in [0.4, 0.5) is 0 Å². The molecular weight excluding hydrogens is 224 g/mol. The number of nitrogens with one attached hydrogen (secondary N) is 1. The van der Waals surface area contributed by atoms with E-state index < -0.39 is 0 Å². The summed E-state index contributed by atoms with van der Waals surface area (Å²) in [6.07, 6.45) is 6.70. The Hall–Kier alpha value is -0.840. The summed E-state index contributed by atoms with van der Waals surface area (Å²) in [7, 11) is 4.37. The number of rotatable bonds is 5. The van der Waals surface area contributed by atoms with Crippen LogP contribution in [0.3, 0.4) is 0 Å². The molecule has 4 nitrogen and oxygen atoms in total. The quantitative estimate of drug-likeness (QED) is 0.828. The van der Waals surface area contributed by atoms with Crippen molar-refractivity contribution >= 4 is 0 Å². The van der Waals surface area contributed by atoms with E-state index in [1.165, 1.54) is 31.5 Å². The van der Waals surface area contributed by atoms with Gasteiger partial charge in [0.05, 0.1) is 0 Å². The highest BCUT2D eigenvalue weighted by molar-refractivity contribution is 5.15. The van der Waals surface area contributed by atoms with Gasteiger partial charge in [0.2, 0.25) is 0 Å². The summed E-state index contributed by atoms with van der Waals surface area (Å²) < 4.78 is 0. The number of likely N-dealkylation sites (tertiary alicyclic amines) is 1. The minimum atomic E-state index is 0.538.